The van der Waals surface area contributed by atoms with Gasteiger partial charge in [0.2, 0.25) is 11.0 Å². The molecule has 0 fully saturated rings. The van der Waals surface area contributed by atoms with Crippen molar-refractivity contribution < 1.29 is 28.7 Å². The molecule has 0 radical (unpaired) electrons. The highest BCUT2D eigenvalue weighted by Crippen LogP contribution is 2.14. The van der Waals surface area contributed by atoms with Gasteiger partial charge in [0.05, 0.1) is 18.6 Å². The molecule has 0 saturated heterocycles. The molecule has 2 aromatic rings. The zero-order chi connectivity index (χ0) is 21.2. The Kier molecular flexibility index (Phi) is 8.22. The van der Waals surface area contributed by atoms with Crippen molar-refractivity contribution in [3.05, 3.63) is 34.8 Å². The molecular weight excluding hydrogens is 400 g/mol. The fourth-order valence-electron chi connectivity index (χ4n) is 2.06. The Morgan fingerprint density at radius 3 is 2.31 bits per heavy atom. The topological polar surface area (TPSA) is 137 Å². The molecule has 1 heterocycles. The number of benzene rings is 1. The molecule has 0 aliphatic carbocycles. The van der Waals surface area contributed by atoms with E-state index in [0.717, 1.165) is 0 Å². The minimum atomic E-state index is -0.679. The minimum Gasteiger partial charge on any atom is -0.462 e. The third-order valence-corrected chi connectivity index (χ3v) is 4.13. The van der Waals surface area contributed by atoms with Crippen LogP contribution in [0.1, 0.15) is 35.1 Å². The monoisotopic (exact) mass is 420 g/mol. The molecule has 0 unspecified atom stereocenters. The van der Waals surface area contributed by atoms with Gasteiger partial charge < -0.3 is 20.1 Å². The predicted octanol–water partition coefficient (Wildman–Crippen LogP) is 1.92. The second kappa shape index (κ2) is 10.9. The van der Waals surface area contributed by atoms with Gasteiger partial charge in [0, 0.05) is 12.1 Å². The summed E-state index contributed by atoms with van der Waals surface area (Å²) in [4.78, 5) is 46.8. The largest absolute Gasteiger partial charge is 0.462 e. The molecule has 154 valence electrons. The maximum absolute atomic E-state index is 11.8. The number of anilines is 2. The summed E-state index contributed by atoms with van der Waals surface area (Å²) in [5.41, 5.74) is 0.795. The number of aromatic nitrogens is 2. The summed E-state index contributed by atoms with van der Waals surface area (Å²) in [6.45, 7) is 3.24. The fourth-order valence-corrected chi connectivity index (χ4v) is 2.67. The summed E-state index contributed by atoms with van der Waals surface area (Å²) < 4.78 is 9.71. The van der Waals surface area contributed by atoms with Gasteiger partial charge in [-0.3, -0.25) is 14.4 Å². The molecule has 0 spiro atoms. The van der Waals surface area contributed by atoms with Crippen molar-refractivity contribution in [3.63, 3.8) is 0 Å². The summed E-state index contributed by atoms with van der Waals surface area (Å²) >= 11 is 1.22. The zero-order valence-corrected chi connectivity index (χ0v) is 16.7. The lowest BCUT2D eigenvalue weighted by Gasteiger charge is -2.07. The highest BCUT2D eigenvalue weighted by atomic mass is 32.1. The van der Waals surface area contributed by atoms with Crippen LogP contribution in [0.15, 0.2) is 24.3 Å². The van der Waals surface area contributed by atoms with E-state index in [-0.39, 0.29) is 19.4 Å². The highest BCUT2D eigenvalue weighted by molar-refractivity contribution is 7.15. The van der Waals surface area contributed by atoms with Crippen LogP contribution in [0.25, 0.3) is 0 Å². The summed E-state index contributed by atoms with van der Waals surface area (Å²) in [5.74, 6) is -2.08. The van der Waals surface area contributed by atoms with E-state index < -0.39 is 30.4 Å². The lowest BCUT2D eigenvalue weighted by molar-refractivity contribution is -0.147. The van der Waals surface area contributed by atoms with Gasteiger partial charge in [-0.2, -0.15) is 0 Å². The Morgan fingerprint density at radius 2 is 1.69 bits per heavy atom. The van der Waals surface area contributed by atoms with E-state index in [1.54, 1.807) is 13.8 Å². The van der Waals surface area contributed by atoms with Crippen LogP contribution in [-0.4, -0.2) is 47.2 Å². The van der Waals surface area contributed by atoms with E-state index in [9.17, 15) is 19.2 Å². The number of aryl methyl sites for hydroxylation is 1. The third kappa shape index (κ3) is 7.66. The SMILES string of the molecule is CCOC(=O)c1ccc(NC(=O)COC(=O)CCC(=O)Nc2nnc(C)s2)cc1. The van der Waals surface area contributed by atoms with Crippen LogP contribution in [0.5, 0.6) is 0 Å². The molecule has 0 atom stereocenters. The Morgan fingerprint density at radius 1 is 0.966 bits per heavy atom. The van der Waals surface area contributed by atoms with Gasteiger partial charge in [-0.15, -0.1) is 10.2 Å². The Bertz CT molecular complexity index is 881. The molecule has 29 heavy (non-hydrogen) atoms. The van der Waals surface area contributed by atoms with Crippen LogP contribution < -0.4 is 10.6 Å². The van der Waals surface area contributed by atoms with Crippen LogP contribution in [0.3, 0.4) is 0 Å². The van der Waals surface area contributed by atoms with Gasteiger partial charge in [0.25, 0.3) is 5.91 Å². The highest BCUT2D eigenvalue weighted by Gasteiger charge is 2.12. The molecule has 0 saturated carbocycles. The molecular formula is C18H20N4O6S. The van der Waals surface area contributed by atoms with Crippen LogP contribution in [0.2, 0.25) is 0 Å². The number of ether oxygens (including phenoxy) is 2. The van der Waals surface area contributed by atoms with Crippen LogP contribution >= 0.6 is 11.3 Å². The first-order chi connectivity index (χ1) is 13.9. The smallest absolute Gasteiger partial charge is 0.338 e. The van der Waals surface area contributed by atoms with Gasteiger partial charge in [-0.1, -0.05) is 11.3 Å². The summed E-state index contributed by atoms with van der Waals surface area (Å²) in [6, 6.07) is 6.09. The van der Waals surface area contributed by atoms with Crippen molar-refractivity contribution in [1.29, 1.82) is 0 Å². The molecule has 0 bridgehead atoms. The first-order valence-corrected chi connectivity index (χ1v) is 9.51. The van der Waals surface area contributed by atoms with Crippen LogP contribution in [0.4, 0.5) is 10.8 Å². The summed E-state index contributed by atoms with van der Waals surface area (Å²) in [5, 5.41) is 13.6. The van der Waals surface area contributed by atoms with Gasteiger partial charge in [0.15, 0.2) is 6.61 Å². The number of carbonyl (C=O) groups is 4. The van der Waals surface area contributed by atoms with Crippen molar-refractivity contribution in [1.82, 2.24) is 10.2 Å². The third-order valence-electron chi connectivity index (χ3n) is 3.37. The molecule has 2 N–H and O–H groups in total. The molecule has 0 aliphatic heterocycles. The average Bonchev–Trinajstić information content (AvgIpc) is 3.10. The van der Waals surface area contributed by atoms with Crippen molar-refractivity contribution in [2.75, 3.05) is 23.8 Å². The number of nitrogens with one attached hydrogen (secondary N) is 2. The number of hydrogen-bond donors (Lipinski definition) is 2. The van der Waals surface area contributed by atoms with Gasteiger partial charge in [0.1, 0.15) is 5.01 Å². The van der Waals surface area contributed by atoms with E-state index in [0.29, 0.717) is 21.4 Å². The molecule has 2 rings (SSSR count). The number of rotatable bonds is 9. The Labute approximate surface area is 170 Å². The normalized spacial score (nSPS) is 10.1. The lowest BCUT2D eigenvalue weighted by Crippen LogP contribution is -2.21. The van der Waals surface area contributed by atoms with Crippen molar-refractivity contribution >= 4 is 45.9 Å². The minimum absolute atomic E-state index is 0.103. The number of hydrogen-bond acceptors (Lipinski definition) is 9. The van der Waals surface area contributed by atoms with E-state index in [1.807, 2.05) is 0 Å². The Hall–Kier alpha value is -3.34. The molecule has 1 aromatic carbocycles. The van der Waals surface area contributed by atoms with Crippen LogP contribution in [0, 0.1) is 6.92 Å². The molecule has 10 nitrogen and oxygen atoms in total. The lowest BCUT2D eigenvalue weighted by atomic mass is 10.2. The molecule has 2 amide bonds. The fraction of sp³-hybridized carbons (Fsp3) is 0.333. The number of carbonyl (C=O) groups excluding carboxylic acids is 4. The van der Waals surface area contributed by atoms with E-state index in [4.69, 9.17) is 9.47 Å². The standard InChI is InChI=1S/C18H20N4O6S/c1-3-27-17(26)12-4-6-13(7-5-12)19-15(24)10-28-16(25)9-8-14(23)20-18-22-21-11(2)29-18/h4-7H,3,8-10H2,1-2H3,(H,19,24)(H,20,22,23). The number of esters is 2. The van der Waals surface area contributed by atoms with Crippen molar-refractivity contribution in [3.8, 4) is 0 Å². The maximum Gasteiger partial charge on any atom is 0.338 e. The van der Waals surface area contributed by atoms with Crippen LogP contribution in [-0.2, 0) is 23.9 Å². The summed E-state index contributed by atoms with van der Waals surface area (Å²) in [7, 11) is 0. The summed E-state index contributed by atoms with van der Waals surface area (Å²) in [6.07, 6.45) is -0.278. The predicted molar refractivity (Wildman–Crippen MR) is 104 cm³/mol. The first kappa shape index (κ1) is 22.0. The molecule has 11 heteroatoms. The van der Waals surface area contributed by atoms with Crippen molar-refractivity contribution in [2.45, 2.75) is 26.7 Å². The second-order valence-corrected chi connectivity index (χ2v) is 6.86. The van der Waals surface area contributed by atoms with E-state index in [1.165, 1.54) is 35.6 Å². The van der Waals surface area contributed by atoms with E-state index >= 15 is 0 Å². The average molecular weight is 420 g/mol. The van der Waals surface area contributed by atoms with Gasteiger partial charge in [-0.05, 0) is 38.1 Å². The maximum atomic E-state index is 11.8. The van der Waals surface area contributed by atoms with Gasteiger partial charge in [-0.25, -0.2) is 4.79 Å². The molecule has 0 aliphatic rings. The zero-order valence-electron chi connectivity index (χ0n) is 15.9. The Balaban J connectivity index is 1.68. The quantitative estimate of drug-likeness (QED) is 0.587. The van der Waals surface area contributed by atoms with Crippen molar-refractivity contribution in [2.24, 2.45) is 0 Å². The number of nitrogens with zero attached hydrogens (tertiary/aromatic N) is 2. The number of amides is 2. The second-order valence-electron chi connectivity index (χ2n) is 5.68. The molecule has 1 aromatic heterocycles. The van der Waals surface area contributed by atoms with E-state index in [2.05, 4.69) is 20.8 Å². The first-order valence-electron chi connectivity index (χ1n) is 8.70. The van der Waals surface area contributed by atoms with Gasteiger partial charge >= 0.3 is 11.9 Å².